The second-order valence-corrected chi connectivity index (χ2v) is 3.52. The van der Waals surface area contributed by atoms with E-state index < -0.39 is 10.1 Å². The lowest BCUT2D eigenvalue weighted by Gasteiger charge is -1.99. The van der Waals surface area contributed by atoms with Gasteiger partial charge in [-0.05, 0) is 12.1 Å². The van der Waals surface area contributed by atoms with Gasteiger partial charge in [0.25, 0.3) is 10.1 Å². The fourth-order valence-electron chi connectivity index (χ4n) is 0.819. The van der Waals surface area contributed by atoms with Gasteiger partial charge < -0.3 is 0 Å². The minimum absolute atomic E-state index is 0.167. The van der Waals surface area contributed by atoms with Crippen LogP contribution in [0.25, 0.3) is 6.08 Å². The molecule has 12 heavy (non-hydrogen) atoms. The zero-order valence-corrected chi connectivity index (χ0v) is 7.00. The monoisotopic (exact) mass is 183 g/mol. The number of benzene rings is 1. The molecule has 0 saturated heterocycles. The Labute approximate surface area is 71.1 Å². The second-order valence-electron chi connectivity index (χ2n) is 2.13. The van der Waals surface area contributed by atoms with Crippen molar-refractivity contribution < 1.29 is 13.0 Å². The molecule has 0 amide bonds. The molecule has 0 aliphatic carbocycles. The van der Waals surface area contributed by atoms with E-state index in [1.54, 1.807) is 6.07 Å². The molecule has 4 heteroatoms. The van der Waals surface area contributed by atoms with Crippen LogP contribution >= 0.6 is 0 Å². The van der Waals surface area contributed by atoms with Crippen molar-refractivity contribution in [2.24, 2.45) is 0 Å². The fourth-order valence-corrected chi connectivity index (χ4v) is 1.49. The highest BCUT2D eigenvalue weighted by Crippen LogP contribution is 2.14. The number of hydrogen-bond donors (Lipinski definition) is 1. The Kier molecular flexibility index (Phi) is 2.30. The van der Waals surface area contributed by atoms with Gasteiger partial charge in [-0.15, -0.1) is 0 Å². The van der Waals surface area contributed by atoms with Crippen LogP contribution in [0.1, 0.15) is 5.56 Å². The van der Waals surface area contributed by atoms with E-state index in [9.17, 15) is 8.42 Å². The summed E-state index contributed by atoms with van der Waals surface area (Å²) < 4.78 is 30.1. The summed E-state index contributed by atoms with van der Waals surface area (Å²) in [5.41, 5.74) is 0.278. The molecular weight excluding hydrogens is 176 g/mol. The molecule has 0 atom stereocenters. The van der Waals surface area contributed by atoms with Crippen LogP contribution in [0, 0.1) is 6.07 Å². The maximum atomic E-state index is 10.7. The molecular formula is C8H7O3S. The molecule has 1 N–H and O–H groups in total. The molecule has 1 rings (SSSR count). The Morgan fingerprint density at radius 2 is 2.25 bits per heavy atom. The van der Waals surface area contributed by atoms with Gasteiger partial charge in [-0.3, -0.25) is 4.55 Å². The minimum Gasteiger partial charge on any atom is -0.282 e. The zero-order valence-electron chi connectivity index (χ0n) is 6.19. The van der Waals surface area contributed by atoms with E-state index in [1.807, 2.05) is 0 Å². The van der Waals surface area contributed by atoms with Crippen molar-refractivity contribution in [3.63, 3.8) is 0 Å². The Balaban J connectivity index is 3.43. The largest absolute Gasteiger partial charge is 0.295 e. The Morgan fingerprint density at radius 3 is 2.67 bits per heavy atom. The highest BCUT2D eigenvalue weighted by molar-refractivity contribution is 7.85. The number of hydrogen-bond acceptors (Lipinski definition) is 2. The molecule has 0 aliphatic rings. The van der Waals surface area contributed by atoms with Crippen LogP contribution in [0.5, 0.6) is 0 Å². The summed E-state index contributed by atoms with van der Waals surface area (Å²) in [7, 11) is -4.15. The lowest BCUT2D eigenvalue weighted by Crippen LogP contribution is -2.00. The highest BCUT2D eigenvalue weighted by Gasteiger charge is 2.11. The lowest BCUT2D eigenvalue weighted by molar-refractivity contribution is 0.483. The molecule has 0 bridgehead atoms. The Hall–Kier alpha value is -1.13. The van der Waals surface area contributed by atoms with Crippen molar-refractivity contribution in [3.05, 3.63) is 36.4 Å². The van der Waals surface area contributed by atoms with Gasteiger partial charge in [-0.25, -0.2) is 0 Å². The zero-order chi connectivity index (χ0) is 9.19. The van der Waals surface area contributed by atoms with E-state index >= 15 is 0 Å². The van der Waals surface area contributed by atoms with E-state index in [0.29, 0.717) is 0 Å². The third kappa shape index (κ3) is 1.72. The molecule has 0 aromatic heterocycles. The summed E-state index contributed by atoms with van der Waals surface area (Å²) in [6, 6.07) is 6.96. The molecule has 0 spiro atoms. The van der Waals surface area contributed by atoms with Crippen LogP contribution in [0.3, 0.4) is 0 Å². The lowest BCUT2D eigenvalue weighted by atomic mass is 10.2. The summed E-state index contributed by atoms with van der Waals surface area (Å²) >= 11 is 0. The normalized spacial score (nSPS) is 11.1. The summed E-state index contributed by atoms with van der Waals surface area (Å²) in [4.78, 5) is -0.167. The molecule has 0 heterocycles. The molecule has 0 saturated carbocycles. The topological polar surface area (TPSA) is 54.4 Å². The first-order valence-electron chi connectivity index (χ1n) is 3.16. The summed E-state index contributed by atoms with van der Waals surface area (Å²) in [6.45, 7) is 3.40. The van der Waals surface area contributed by atoms with E-state index in [4.69, 9.17) is 4.55 Å². The van der Waals surface area contributed by atoms with Gasteiger partial charge in [0.2, 0.25) is 0 Å². The van der Waals surface area contributed by atoms with Crippen LogP contribution in [-0.4, -0.2) is 13.0 Å². The van der Waals surface area contributed by atoms with Gasteiger partial charge in [0, 0.05) is 5.56 Å². The van der Waals surface area contributed by atoms with Crippen LogP contribution in [-0.2, 0) is 10.1 Å². The first-order valence-corrected chi connectivity index (χ1v) is 4.60. The number of rotatable bonds is 2. The SMILES string of the molecule is C=Cc1[c]cccc1S(=O)(=O)O. The molecule has 1 aromatic rings. The maximum absolute atomic E-state index is 10.7. The predicted molar refractivity (Wildman–Crippen MR) is 45.2 cm³/mol. The van der Waals surface area contributed by atoms with Gasteiger partial charge in [-0.1, -0.05) is 24.8 Å². The van der Waals surface area contributed by atoms with E-state index in [-0.39, 0.29) is 10.5 Å². The Bertz CT molecular complexity index is 393. The van der Waals surface area contributed by atoms with Gasteiger partial charge in [0.1, 0.15) is 4.90 Å². The van der Waals surface area contributed by atoms with Crippen molar-refractivity contribution in [2.75, 3.05) is 0 Å². The predicted octanol–water partition coefficient (Wildman–Crippen LogP) is 1.38. The van der Waals surface area contributed by atoms with Crippen LogP contribution < -0.4 is 0 Å². The minimum atomic E-state index is -4.15. The van der Waals surface area contributed by atoms with Crippen LogP contribution in [0.4, 0.5) is 0 Å². The van der Waals surface area contributed by atoms with E-state index in [2.05, 4.69) is 12.6 Å². The van der Waals surface area contributed by atoms with Crippen molar-refractivity contribution in [1.82, 2.24) is 0 Å². The van der Waals surface area contributed by atoms with Gasteiger partial charge in [0.05, 0.1) is 0 Å². The average Bonchev–Trinajstić information content (AvgIpc) is 2.03. The van der Waals surface area contributed by atoms with Crippen molar-refractivity contribution >= 4 is 16.2 Å². The highest BCUT2D eigenvalue weighted by atomic mass is 32.2. The van der Waals surface area contributed by atoms with Crippen molar-refractivity contribution in [2.45, 2.75) is 4.90 Å². The van der Waals surface area contributed by atoms with Gasteiger partial charge >= 0.3 is 0 Å². The smallest absolute Gasteiger partial charge is 0.282 e. The molecule has 1 radical (unpaired) electrons. The van der Waals surface area contributed by atoms with Gasteiger partial charge in [-0.2, -0.15) is 8.42 Å². The average molecular weight is 183 g/mol. The first kappa shape index (κ1) is 8.96. The second kappa shape index (κ2) is 3.08. The summed E-state index contributed by atoms with van der Waals surface area (Å²) in [5, 5.41) is 0. The third-order valence-electron chi connectivity index (χ3n) is 1.33. The van der Waals surface area contributed by atoms with E-state index in [1.165, 1.54) is 18.2 Å². The summed E-state index contributed by atoms with van der Waals surface area (Å²) in [5.74, 6) is 0. The van der Waals surface area contributed by atoms with Gasteiger partial charge in [0.15, 0.2) is 0 Å². The van der Waals surface area contributed by atoms with Crippen molar-refractivity contribution in [1.29, 1.82) is 0 Å². The quantitative estimate of drug-likeness (QED) is 0.704. The summed E-state index contributed by atoms with van der Waals surface area (Å²) in [6.07, 6.45) is 1.32. The fraction of sp³-hybridized carbons (Fsp3) is 0. The first-order chi connectivity index (χ1) is 5.55. The van der Waals surface area contributed by atoms with Crippen molar-refractivity contribution in [3.8, 4) is 0 Å². The third-order valence-corrected chi connectivity index (χ3v) is 2.24. The molecule has 3 nitrogen and oxygen atoms in total. The van der Waals surface area contributed by atoms with E-state index in [0.717, 1.165) is 0 Å². The molecule has 0 aliphatic heterocycles. The molecule has 1 aromatic carbocycles. The standard InChI is InChI=1S/C8H7O3S/c1-2-7-5-3-4-6-8(7)12(9,10)11/h2-4,6H,1H2,(H,9,10,11). The molecule has 0 fully saturated rings. The Morgan fingerprint density at radius 1 is 1.58 bits per heavy atom. The molecule has 0 unspecified atom stereocenters. The molecule has 63 valence electrons. The van der Waals surface area contributed by atoms with Crippen LogP contribution in [0.15, 0.2) is 29.7 Å². The maximum Gasteiger partial charge on any atom is 0.295 e. The van der Waals surface area contributed by atoms with Crippen LogP contribution in [0.2, 0.25) is 0 Å².